The maximum atomic E-state index is 14.5. The van der Waals surface area contributed by atoms with Crippen molar-refractivity contribution in [1.82, 2.24) is 10.6 Å². The predicted molar refractivity (Wildman–Crippen MR) is 106 cm³/mol. The van der Waals surface area contributed by atoms with Gasteiger partial charge in [0, 0.05) is 30.4 Å². The number of anilines is 1. The molecule has 0 saturated heterocycles. The number of amides is 1. The van der Waals surface area contributed by atoms with Gasteiger partial charge in [0.2, 0.25) is 0 Å². The van der Waals surface area contributed by atoms with E-state index < -0.39 is 11.7 Å². The Labute approximate surface area is 158 Å². The van der Waals surface area contributed by atoms with E-state index in [-0.39, 0.29) is 16.9 Å². The Morgan fingerprint density at radius 1 is 1.22 bits per heavy atom. The van der Waals surface area contributed by atoms with Gasteiger partial charge >= 0.3 is 0 Å². The third-order valence-corrected chi connectivity index (χ3v) is 4.14. The van der Waals surface area contributed by atoms with Crippen molar-refractivity contribution in [1.29, 1.82) is 0 Å². The average Bonchev–Trinajstić information content (AvgIpc) is 2.67. The molecule has 0 aliphatic heterocycles. The van der Waals surface area contributed by atoms with E-state index in [1.54, 1.807) is 37.4 Å². The molecule has 0 fully saturated rings. The first kappa shape index (κ1) is 20.1. The van der Waals surface area contributed by atoms with Crippen LogP contribution in [0.1, 0.15) is 18.9 Å². The van der Waals surface area contributed by atoms with Crippen molar-refractivity contribution in [3.8, 4) is 16.9 Å². The number of rotatable bonds is 7. The molecule has 0 spiro atoms. The van der Waals surface area contributed by atoms with Crippen LogP contribution in [-0.4, -0.2) is 26.6 Å². The Balaban J connectivity index is 2.62. The second-order valence-electron chi connectivity index (χ2n) is 5.88. The van der Waals surface area contributed by atoms with Crippen LogP contribution < -0.4 is 26.8 Å². The molecule has 0 aromatic heterocycles. The van der Waals surface area contributed by atoms with Crippen LogP contribution in [0.5, 0.6) is 5.75 Å². The zero-order valence-corrected chi connectivity index (χ0v) is 15.7. The number of methoxy groups -OCH3 is 1. The van der Waals surface area contributed by atoms with Crippen LogP contribution in [0, 0.1) is 5.82 Å². The van der Waals surface area contributed by atoms with Gasteiger partial charge in [0.25, 0.3) is 5.91 Å². The number of hydrogen-bond donors (Lipinski definition) is 4. The number of para-hydroxylation sites is 1. The summed E-state index contributed by atoms with van der Waals surface area (Å²) in [6.45, 7) is 2.46. The van der Waals surface area contributed by atoms with Gasteiger partial charge in [-0.1, -0.05) is 31.2 Å². The fourth-order valence-electron chi connectivity index (χ4n) is 2.80. The number of nitrogen functional groups attached to an aromatic ring is 1. The van der Waals surface area contributed by atoms with Crippen molar-refractivity contribution in [3.63, 3.8) is 0 Å². The zero-order valence-electron chi connectivity index (χ0n) is 15.7. The molecular formula is C20H25FN4O2. The SMILES string of the molecule is CCCNC(=O)/C(N)=C(\NC)c1cccc(-c2c(F)cccc2OC)c1N. The van der Waals surface area contributed by atoms with Gasteiger partial charge in [-0.15, -0.1) is 0 Å². The van der Waals surface area contributed by atoms with Crippen LogP contribution in [0.3, 0.4) is 0 Å². The lowest BCUT2D eigenvalue weighted by Crippen LogP contribution is -2.32. The van der Waals surface area contributed by atoms with Crippen LogP contribution in [0.4, 0.5) is 10.1 Å². The van der Waals surface area contributed by atoms with E-state index in [1.807, 2.05) is 6.92 Å². The van der Waals surface area contributed by atoms with Crippen LogP contribution in [0.15, 0.2) is 42.1 Å². The summed E-state index contributed by atoms with van der Waals surface area (Å²) >= 11 is 0. The second kappa shape index (κ2) is 8.93. The maximum Gasteiger partial charge on any atom is 0.269 e. The smallest absolute Gasteiger partial charge is 0.269 e. The Hall–Kier alpha value is -3.22. The maximum absolute atomic E-state index is 14.5. The van der Waals surface area contributed by atoms with Crippen molar-refractivity contribution in [2.75, 3.05) is 26.4 Å². The highest BCUT2D eigenvalue weighted by atomic mass is 19.1. The van der Waals surface area contributed by atoms with Crippen LogP contribution >= 0.6 is 0 Å². The lowest BCUT2D eigenvalue weighted by molar-refractivity contribution is -0.117. The number of ether oxygens (including phenoxy) is 1. The normalized spacial score (nSPS) is 11.6. The van der Waals surface area contributed by atoms with Crippen LogP contribution in [-0.2, 0) is 4.79 Å². The molecule has 6 N–H and O–H groups in total. The first-order valence-electron chi connectivity index (χ1n) is 8.63. The monoisotopic (exact) mass is 372 g/mol. The molecule has 0 atom stereocenters. The molecule has 27 heavy (non-hydrogen) atoms. The van der Waals surface area contributed by atoms with E-state index in [1.165, 1.54) is 13.2 Å². The topological polar surface area (TPSA) is 102 Å². The standard InChI is InChI=1S/C20H25FN4O2/c1-4-11-25-20(26)18(23)19(24-2)13-8-5-7-12(17(13)22)16-14(21)9-6-10-15(16)27-3/h5-10,24H,4,11,22-23H2,1-3H3,(H,25,26)/b19-18+. The molecule has 0 aliphatic carbocycles. The van der Waals surface area contributed by atoms with Crippen molar-refractivity contribution in [2.24, 2.45) is 5.73 Å². The molecule has 7 heteroatoms. The first-order chi connectivity index (χ1) is 13.0. The largest absolute Gasteiger partial charge is 0.496 e. The Morgan fingerprint density at radius 3 is 2.56 bits per heavy atom. The minimum absolute atomic E-state index is 0.00954. The molecule has 0 bridgehead atoms. The number of nitrogens with two attached hydrogens (primary N) is 2. The number of carbonyl (C=O) groups is 1. The van der Waals surface area contributed by atoms with E-state index in [4.69, 9.17) is 16.2 Å². The third-order valence-electron chi connectivity index (χ3n) is 4.14. The molecule has 0 aliphatic rings. The number of carbonyl (C=O) groups excluding carboxylic acids is 1. The average molecular weight is 372 g/mol. The van der Waals surface area contributed by atoms with E-state index in [0.29, 0.717) is 29.1 Å². The number of nitrogens with one attached hydrogen (secondary N) is 2. The Kier molecular flexibility index (Phi) is 6.65. The summed E-state index contributed by atoms with van der Waals surface area (Å²) < 4.78 is 19.8. The van der Waals surface area contributed by atoms with Gasteiger partial charge in [0.1, 0.15) is 17.3 Å². The van der Waals surface area contributed by atoms with Crippen LogP contribution in [0.2, 0.25) is 0 Å². The summed E-state index contributed by atoms with van der Waals surface area (Å²) in [5.74, 6) is -0.487. The van der Waals surface area contributed by atoms with Gasteiger partial charge in [-0.25, -0.2) is 4.39 Å². The summed E-state index contributed by atoms with van der Waals surface area (Å²) in [5.41, 5.74) is 14.3. The summed E-state index contributed by atoms with van der Waals surface area (Å²) in [7, 11) is 3.11. The summed E-state index contributed by atoms with van der Waals surface area (Å²) in [5, 5.41) is 5.65. The molecular weight excluding hydrogens is 347 g/mol. The van der Waals surface area contributed by atoms with Gasteiger partial charge in [0.05, 0.1) is 18.4 Å². The molecule has 2 aromatic carbocycles. The molecule has 144 valence electrons. The van der Waals surface area contributed by atoms with Crippen molar-refractivity contribution in [3.05, 3.63) is 53.5 Å². The van der Waals surface area contributed by atoms with Crippen LogP contribution in [0.25, 0.3) is 16.8 Å². The first-order valence-corrected chi connectivity index (χ1v) is 8.63. The number of benzene rings is 2. The highest BCUT2D eigenvalue weighted by Gasteiger charge is 2.20. The lowest BCUT2D eigenvalue weighted by atomic mass is 9.97. The van der Waals surface area contributed by atoms with Gasteiger partial charge in [-0.05, 0) is 18.6 Å². The fraction of sp³-hybridized carbons (Fsp3) is 0.250. The highest BCUT2D eigenvalue weighted by Crippen LogP contribution is 2.38. The van der Waals surface area contributed by atoms with E-state index in [2.05, 4.69) is 10.6 Å². The van der Waals surface area contributed by atoms with E-state index in [0.717, 1.165) is 6.42 Å². The molecule has 0 radical (unpaired) electrons. The third kappa shape index (κ3) is 4.13. The molecule has 6 nitrogen and oxygen atoms in total. The minimum atomic E-state index is -0.457. The molecule has 2 rings (SSSR count). The molecule has 0 heterocycles. The Morgan fingerprint density at radius 2 is 1.93 bits per heavy atom. The van der Waals surface area contributed by atoms with Crippen molar-refractivity contribution < 1.29 is 13.9 Å². The second-order valence-corrected chi connectivity index (χ2v) is 5.88. The van der Waals surface area contributed by atoms with E-state index >= 15 is 0 Å². The zero-order chi connectivity index (χ0) is 20.0. The summed E-state index contributed by atoms with van der Waals surface area (Å²) in [6.07, 6.45) is 0.790. The highest BCUT2D eigenvalue weighted by molar-refractivity contribution is 6.02. The Bertz CT molecular complexity index is 865. The quantitative estimate of drug-likeness (QED) is 0.442. The van der Waals surface area contributed by atoms with E-state index in [9.17, 15) is 9.18 Å². The van der Waals surface area contributed by atoms with Gasteiger partial charge in [-0.2, -0.15) is 0 Å². The minimum Gasteiger partial charge on any atom is -0.496 e. The molecule has 0 saturated carbocycles. The fourth-order valence-corrected chi connectivity index (χ4v) is 2.80. The lowest BCUT2D eigenvalue weighted by Gasteiger charge is -2.18. The van der Waals surface area contributed by atoms with Crippen molar-refractivity contribution in [2.45, 2.75) is 13.3 Å². The summed E-state index contributed by atoms with van der Waals surface area (Å²) in [4.78, 5) is 12.2. The number of halogens is 1. The molecule has 1 amide bonds. The van der Waals surface area contributed by atoms with Gasteiger partial charge < -0.3 is 26.8 Å². The predicted octanol–water partition coefficient (Wildman–Crippen LogP) is 2.46. The summed E-state index contributed by atoms with van der Waals surface area (Å²) in [6, 6.07) is 9.70. The molecule has 2 aromatic rings. The molecule has 0 unspecified atom stereocenters. The van der Waals surface area contributed by atoms with Gasteiger partial charge in [0.15, 0.2) is 0 Å². The van der Waals surface area contributed by atoms with Crippen molar-refractivity contribution >= 4 is 17.3 Å². The van der Waals surface area contributed by atoms with Gasteiger partial charge in [-0.3, -0.25) is 4.79 Å². The number of hydrogen-bond acceptors (Lipinski definition) is 5.